The molecule has 9 nitrogen and oxygen atoms in total. The lowest BCUT2D eigenvalue weighted by molar-refractivity contribution is -0.125. The minimum absolute atomic E-state index is 0.113. The van der Waals surface area contributed by atoms with Gasteiger partial charge in [0.05, 0.1) is 30.7 Å². The highest BCUT2D eigenvalue weighted by Gasteiger charge is 2.38. The number of hydrogen-bond acceptors (Lipinski definition) is 6. The summed E-state index contributed by atoms with van der Waals surface area (Å²) in [6.07, 6.45) is 3.11. The SMILES string of the molecule is CCn1cncc1CNC(=O)[C@@H]1C[C@@H](O)[C@H](NC(=O)c2cc(=O)cc(C)o2)C1. The maximum atomic E-state index is 12.5. The fourth-order valence-corrected chi connectivity index (χ4v) is 3.44. The Kier molecular flexibility index (Phi) is 5.93. The van der Waals surface area contributed by atoms with E-state index in [-0.39, 0.29) is 23.5 Å². The first kappa shape index (κ1) is 19.8. The molecule has 0 spiro atoms. The minimum Gasteiger partial charge on any atom is -0.456 e. The number of amides is 2. The van der Waals surface area contributed by atoms with Crippen LogP contribution in [0.15, 0.2) is 33.9 Å². The molecule has 0 unspecified atom stereocenters. The number of rotatable bonds is 6. The first-order chi connectivity index (χ1) is 13.4. The van der Waals surface area contributed by atoms with E-state index in [1.807, 2.05) is 11.5 Å². The molecule has 2 heterocycles. The lowest BCUT2D eigenvalue weighted by Gasteiger charge is -2.16. The Morgan fingerprint density at radius 2 is 2.14 bits per heavy atom. The van der Waals surface area contributed by atoms with Crippen molar-refractivity contribution in [2.75, 3.05) is 0 Å². The number of nitrogens with zero attached hydrogens (tertiary/aromatic N) is 2. The molecule has 2 amide bonds. The molecule has 0 radical (unpaired) electrons. The number of aromatic nitrogens is 2. The Morgan fingerprint density at radius 1 is 1.36 bits per heavy atom. The van der Waals surface area contributed by atoms with Crippen molar-refractivity contribution in [3.8, 4) is 0 Å². The van der Waals surface area contributed by atoms with Gasteiger partial charge in [-0.3, -0.25) is 14.4 Å². The monoisotopic (exact) mass is 388 g/mol. The molecule has 150 valence electrons. The van der Waals surface area contributed by atoms with Crippen molar-refractivity contribution >= 4 is 11.8 Å². The molecule has 28 heavy (non-hydrogen) atoms. The third-order valence-corrected chi connectivity index (χ3v) is 4.91. The number of hydrogen-bond donors (Lipinski definition) is 3. The van der Waals surface area contributed by atoms with E-state index < -0.39 is 24.0 Å². The Balaban J connectivity index is 1.56. The van der Waals surface area contributed by atoms with Gasteiger partial charge in [0, 0.05) is 30.8 Å². The molecular weight excluding hydrogens is 364 g/mol. The molecule has 3 rings (SSSR count). The van der Waals surface area contributed by atoms with Crippen molar-refractivity contribution in [3.63, 3.8) is 0 Å². The lowest BCUT2D eigenvalue weighted by Crippen LogP contribution is -2.40. The second-order valence-electron chi connectivity index (χ2n) is 6.97. The van der Waals surface area contributed by atoms with E-state index in [9.17, 15) is 19.5 Å². The molecule has 2 aromatic rings. The third-order valence-electron chi connectivity index (χ3n) is 4.91. The number of carbonyl (C=O) groups excluding carboxylic acids is 2. The van der Waals surface area contributed by atoms with Gasteiger partial charge < -0.3 is 24.7 Å². The predicted octanol–water partition coefficient (Wildman–Crippen LogP) is 0.350. The molecule has 0 aromatic carbocycles. The Hall–Kier alpha value is -2.94. The van der Waals surface area contributed by atoms with Crippen molar-refractivity contribution in [2.24, 2.45) is 5.92 Å². The van der Waals surface area contributed by atoms with Crippen molar-refractivity contribution in [3.05, 3.63) is 52.1 Å². The molecule has 1 fully saturated rings. The quantitative estimate of drug-likeness (QED) is 0.655. The zero-order valence-corrected chi connectivity index (χ0v) is 15.8. The van der Waals surface area contributed by atoms with E-state index in [1.165, 1.54) is 6.07 Å². The van der Waals surface area contributed by atoms with Gasteiger partial charge in [-0.05, 0) is 26.7 Å². The van der Waals surface area contributed by atoms with Crippen LogP contribution in [0.2, 0.25) is 0 Å². The fraction of sp³-hybridized carbons (Fsp3) is 0.474. The highest BCUT2D eigenvalue weighted by Crippen LogP contribution is 2.26. The van der Waals surface area contributed by atoms with Gasteiger partial charge in [-0.25, -0.2) is 4.98 Å². The van der Waals surface area contributed by atoms with E-state index in [2.05, 4.69) is 15.6 Å². The van der Waals surface area contributed by atoms with Crippen LogP contribution in [0, 0.1) is 12.8 Å². The summed E-state index contributed by atoms with van der Waals surface area (Å²) < 4.78 is 7.19. The summed E-state index contributed by atoms with van der Waals surface area (Å²) in [5.41, 5.74) is 0.568. The van der Waals surface area contributed by atoms with Crippen LogP contribution in [-0.2, 0) is 17.9 Å². The van der Waals surface area contributed by atoms with Crippen LogP contribution < -0.4 is 16.1 Å². The average Bonchev–Trinajstić information content (AvgIpc) is 3.25. The van der Waals surface area contributed by atoms with Gasteiger partial charge in [-0.15, -0.1) is 0 Å². The van der Waals surface area contributed by atoms with Gasteiger partial charge in [-0.1, -0.05) is 0 Å². The summed E-state index contributed by atoms with van der Waals surface area (Å²) in [5, 5.41) is 15.8. The Morgan fingerprint density at radius 3 is 2.86 bits per heavy atom. The number of nitrogens with one attached hydrogen (secondary N) is 2. The lowest BCUT2D eigenvalue weighted by atomic mass is 10.1. The van der Waals surface area contributed by atoms with Gasteiger partial charge in [0.1, 0.15) is 5.76 Å². The van der Waals surface area contributed by atoms with Crippen LogP contribution in [0.5, 0.6) is 0 Å². The van der Waals surface area contributed by atoms with Gasteiger partial charge >= 0.3 is 0 Å². The van der Waals surface area contributed by atoms with Crippen molar-refractivity contribution in [1.29, 1.82) is 0 Å². The summed E-state index contributed by atoms with van der Waals surface area (Å²) in [6, 6.07) is 1.80. The van der Waals surface area contributed by atoms with Crippen molar-refractivity contribution < 1.29 is 19.1 Å². The maximum Gasteiger partial charge on any atom is 0.287 e. The highest BCUT2D eigenvalue weighted by molar-refractivity contribution is 5.91. The maximum absolute atomic E-state index is 12.5. The molecule has 9 heteroatoms. The third kappa shape index (κ3) is 4.48. The second-order valence-corrected chi connectivity index (χ2v) is 6.97. The topological polar surface area (TPSA) is 126 Å². The first-order valence-electron chi connectivity index (χ1n) is 9.24. The van der Waals surface area contributed by atoms with Crippen LogP contribution >= 0.6 is 0 Å². The first-order valence-corrected chi connectivity index (χ1v) is 9.24. The number of aliphatic hydroxyl groups is 1. The molecule has 3 N–H and O–H groups in total. The largest absolute Gasteiger partial charge is 0.456 e. The van der Waals surface area contributed by atoms with Crippen molar-refractivity contribution in [2.45, 2.75) is 51.9 Å². The van der Waals surface area contributed by atoms with Gasteiger partial charge in [-0.2, -0.15) is 0 Å². The number of carbonyl (C=O) groups is 2. The minimum atomic E-state index is -0.850. The molecule has 1 saturated carbocycles. The number of aryl methyl sites for hydroxylation is 2. The van der Waals surface area contributed by atoms with E-state index in [4.69, 9.17) is 4.42 Å². The summed E-state index contributed by atoms with van der Waals surface area (Å²) in [5.74, 6) is -0.964. The molecule has 0 bridgehead atoms. The summed E-state index contributed by atoms with van der Waals surface area (Å²) in [7, 11) is 0. The summed E-state index contributed by atoms with van der Waals surface area (Å²) >= 11 is 0. The van der Waals surface area contributed by atoms with Crippen molar-refractivity contribution in [1.82, 2.24) is 20.2 Å². The zero-order chi connectivity index (χ0) is 20.3. The molecule has 1 aliphatic rings. The Labute approximate surface area is 161 Å². The van der Waals surface area contributed by atoms with E-state index in [0.717, 1.165) is 18.3 Å². The van der Waals surface area contributed by atoms with Gasteiger partial charge in [0.15, 0.2) is 11.2 Å². The molecule has 0 saturated heterocycles. The van der Waals surface area contributed by atoms with Gasteiger partial charge in [0.25, 0.3) is 5.91 Å². The van der Waals surface area contributed by atoms with E-state index >= 15 is 0 Å². The number of aliphatic hydroxyl groups excluding tert-OH is 1. The normalized spacial score (nSPS) is 21.5. The van der Waals surface area contributed by atoms with Crippen LogP contribution in [0.4, 0.5) is 0 Å². The van der Waals surface area contributed by atoms with E-state index in [1.54, 1.807) is 19.4 Å². The average molecular weight is 388 g/mol. The number of imidazole rings is 1. The van der Waals surface area contributed by atoms with Crippen LogP contribution in [-0.4, -0.2) is 38.6 Å². The van der Waals surface area contributed by atoms with Crippen LogP contribution in [0.3, 0.4) is 0 Å². The van der Waals surface area contributed by atoms with Crippen LogP contribution in [0.25, 0.3) is 0 Å². The Bertz CT molecular complexity index is 919. The second kappa shape index (κ2) is 8.39. The fourth-order valence-electron chi connectivity index (χ4n) is 3.44. The molecule has 2 aromatic heterocycles. The standard InChI is InChI=1S/C19H24N4O5/c1-3-23-10-20-8-13(23)9-21-18(26)12-5-15(16(25)6-12)22-19(27)17-7-14(24)4-11(2)28-17/h4,7-8,10,12,15-16,25H,3,5-6,9H2,1-2H3,(H,21,26)(H,22,27)/t12-,15+,16+/m0/s1. The van der Waals surface area contributed by atoms with Crippen LogP contribution in [0.1, 0.15) is 41.8 Å². The molecule has 0 aliphatic heterocycles. The van der Waals surface area contributed by atoms with Gasteiger partial charge in [0.2, 0.25) is 5.91 Å². The smallest absolute Gasteiger partial charge is 0.287 e. The summed E-state index contributed by atoms with van der Waals surface area (Å²) in [4.78, 5) is 40.4. The molecule has 3 atom stereocenters. The summed E-state index contributed by atoms with van der Waals surface area (Å²) in [6.45, 7) is 4.68. The van der Waals surface area contributed by atoms with E-state index in [0.29, 0.717) is 18.7 Å². The highest BCUT2D eigenvalue weighted by atomic mass is 16.3. The predicted molar refractivity (Wildman–Crippen MR) is 99.4 cm³/mol. The molecular formula is C19H24N4O5. The zero-order valence-electron chi connectivity index (χ0n) is 15.8. The molecule has 1 aliphatic carbocycles.